The molecule has 0 bridgehead atoms. The van der Waals surface area contributed by atoms with Crippen molar-refractivity contribution in [2.24, 2.45) is 5.92 Å². The summed E-state index contributed by atoms with van der Waals surface area (Å²) in [5.41, 5.74) is 0.631. The zero-order chi connectivity index (χ0) is 12.7. The fourth-order valence-corrected chi connectivity index (χ4v) is 2.29. The zero-order valence-corrected chi connectivity index (χ0v) is 11.1. The summed E-state index contributed by atoms with van der Waals surface area (Å²) in [6.45, 7) is 1.81. The van der Waals surface area contributed by atoms with Crippen LogP contribution in [0.15, 0.2) is 0 Å². The fourth-order valence-electron chi connectivity index (χ4n) is 1.59. The maximum Gasteiger partial charge on any atom is 0.187 e. The van der Waals surface area contributed by atoms with E-state index in [1.165, 1.54) is 6.42 Å². The van der Waals surface area contributed by atoms with E-state index in [0.717, 1.165) is 0 Å². The highest BCUT2D eigenvalue weighted by Gasteiger charge is 2.45. The number of Topliss-reactive ketones (excluding diaryl/α,β-unsaturated/α-hetero) is 1. The van der Waals surface area contributed by atoms with Gasteiger partial charge in [-0.15, -0.1) is 0 Å². The van der Waals surface area contributed by atoms with E-state index in [0.29, 0.717) is 12.0 Å². The van der Waals surface area contributed by atoms with Gasteiger partial charge in [-0.1, -0.05) is 41.7 Å². The molecule has 0 aliphatic heterocycles. The number of hydrogen-bond donors (Lipinski definition) is 0. The van der Waals surface area contributed by atoms with Crippen LogP contribution in [0.1, 0.15) is 23.0 Å². The maximum absolute atomic E-state index is 12.8. The van der Waals surface area contributed by atoms with E-state index in [1.54, 1.807) is 0 Å². The average Bonchev–Trinajstić information content (AvgIpc) is 3.02. The number of carbonyl (C=O) groups excluding carboxylic acids is 1. The van der Waals surface area contributed by atoms with Gasteiger partial charge >= 0.3 is 0 Å². The minimum Gasteiger partial charge on any atom is -0.292 e. The Hall–Kier alpha value is -0.380. The van der Waals surface area contributed by atoms with Gasteiger partial charge in [-0.2, -0.15) is 0 Å². The van der Waals surface area contributed by atoms with Gasteiger partial charge in [0, 0.05) is 12.0 Å². The third-order valence-electron chi connectivity index (χ3n) is 2.62. The van der Waals surface area contributed by atoms with Crippen molar-refractivity contribution in [2.45, 2.75) is 19.5 Å². The molecule has 1 aliphatic rings. The Morgan fingerprint density at radius 3 is 2.47 bits per heavy atom. The molecule has 17 heavy (non-hydrogen) atoms. The van der Waals surface area contributed by atoms with E-state index in [-0.39, 0.29) is 20.9 Å². The number of nitrogens with zero attached hydrogens (tertiary/aromatic N) is 1. The smallest absolute Gasteiger partial charge is 0.187 e. The van der Waals surface area contributed by atoms with E-state index in [9.17, 15) is 9.18 Å². The lowest BCUT2D eigenvalue weighted by atomic mass is 10.1. The van der Waals surface area contributed by atoms with Crippen LogP contribution in [0.2, 0.25) is 15.2 Å². The summed E-state index contributed by atoms with van der Waals surface area (Å²) in [5.74, 6) is -1.11. The molecule has 91 valence electrons. The molecule has 0 spiro atoms. The van der Waals surface area contributed by atoms with Gasteiger partial charge in [0.2, 0.25) is 0 Å². The molecular weight excluding hydrogens is 287 g/mol. The largest absolute Gasteiger partial charge is 0.292 e. The first-order valence-corrected chi connectivity index (χ1v) is 6.17. The SMILES string of the molecule is CCc1c(C(=O)[C@H]2[CH][C@@H]2F)nc(Cl)c(Cl)c1Cl. The predicted molar refractivity (Wildman–Crippen MR) is 65.7 cm³/mol. The Bertz CT molecular complexity index is 492. The van der Waals surface area contributed by atoms with Crippen molar-refractivity contribution in [3.8, 4) is 0 Å². The molecule has 1 fully saturated rings. The molecule has 1 heterocycles. The molecule has 0 amide bonds. The summed E-state index contributed by atoms with van der Waals surface area (Å²) in [5, 5.41) is 0.306. The van der Waals surface area contributed by atoms with Crippen LogP contribution in [0.5, 0.6) is 0 Å². The lowest BCUT2D eigenvalue weighted by molar-refractivity contribution is 0.0954. The molecule has 2 nitrogen and oxygen atoms in total. The van der Waals surface area contributed by atoms with Gasteiger partial charge in [0.15, 0.2) is 5.78 Å². The minimum absolute atomic E-state index is 0.0340. The summed E-state index contributed by atoms with van der Waals surface area (Å²) in [7, 11) is 0. The van der Waals surface area contributed by atoms with Crippen LogP contribution in [-0.2, 0) is 6.42 Å². The minimum atomic E-state index is -1.19. The molecule has 6 heteroatoms. The standard InChI is InChI=1S/C11H8Cl3FNO/c1-2-4-7(12)8(13)11(14)16-9(4)10(17)5-3-6(5)15/h3,5-6H,2H2,1H3/t5-,6-/m0/s1. The molecule has 1 aromatic rings. The Morgan fingerprint density at radius 1 is 1.41 bits per heavy atom. The maximum atomic E-state index is 12.8. The van der Waals surface area contributed by atoms with Gasteiger partial charge in [0.25, 0.3) is 0 Å². The summed E-state index contributed by atoms with van der Waals surface area (Å²) in [4.78, 5) is 15.8. The van der Waals surface area contributed by atoms with E-state index < -0.39 is 17.9 Å². The zero-order valence-electron chi connectivity index (χ0n) is 8.81. The molecule has 2 rings (SSSR count). The van der Waals surface area contributed by atoms with E-state index >= 15 is 0 Å². The number of ketones is 1. The first-order chi connectivity index (χ1) is 7.97. The molecular formula is C11H8Cl3FNO. The molecule has 0 N–H and O–H groups in total. The molecule has 1 radical (unpaired) electrons. The number of hydrogen-bond acceptors (Lipinski definition) is 2. The van der Waals surface area contributed by atoms with Gasteiger partial charge in [0.05, 0.1) is 16.0 Å². The second-order valence-corrected chi connectivity index (χ2v) is 4.85. The van der Waals surface area contributed by atoms with Crippen molar-refractivity contribution in [3.63, 3.8) is 0 Å². The van der Waals surface area contributed by atoms with Crippen LogP contribution in [0.25, 0.3) is 0 Å². The topological polar surface area (TPSA) is 30.0 Å². The van der Waals surface area contributed by atoms with Gasteiger partial charge in [-0.3, -0.25) is 4.79 Å². The summed E-state index contributed by atoms with van der Waals surface area (Å²) in [6, 6.07) is 0. The van der Waals surface area contributed by atoms with Gasteiger partial charge in [-0.05, 0) is 6.42 Å². The van der Waals surface area contributed by atoms with Crippen molar-refractivity contribution in [2.75, 3.05) is 0 Å². The highest BCUT2D eigenvalue weighted by molar-refractivity contribution is 6.48. The van der Waals surface area contributed by atoms with Crippen LogP contribution in [-0.4, -0.2) is 16.9 Å². The third-order valence-corrected chi connectivity index (χ3v) is 3.87. The lowest BCUT2D eigenvalue weighted by Gasteiger charge is -2.10. The van der Waals surface area contributed by atoms with Crippen molar-refractivity contribution in [1.82, 2.24) is 4.98 Å². The molecule has 1 aromatic heterocycles. The van der Waals surface area contributed by atoms with Crippen LogP contribution in [0.3, 0.4) is 0 Å². The Morgan fingerprint density at radius 2 is 2.00 bits per heavy atom. The first kappa shape index (κ1) is 13.1. The normalized spacial score (nSPS) is 22.6. The number of carbonyl (C=O) groups is 1. The summed E-state index contributed by atoms with van der Waals surface area (Å²) < 4.78 is 12.8. The van der Waals surface area contributed by atoms with Crippen LogP contribution < -0.4 is 0 Å². The Labute approximate surface area is 113 Å². The molecule has 0 saturated heterocycles. The second kappa shape index (κ2) is 4.71. The lowest BCUT2D eigenvalue weighted by Crippen LogP contribution is -2.11. The predicted octanol–water partition coefficient (Wildman–Crippen LogP) is 3.96. The first-order valence-electron chi connectivity index (χ1n) is 5.04. The number of alkyl halides is 1. The monoisotopic (exact) mass is 294 g/mol. The summed E-state index contributed by atoms with van der Waals surface area (Å²) in [6.07, 6.45) is 0.593. The number of halogens is 4. The molecule has 0 unspecified atom stereocenters. The van der Waals surface area contributed by atoms with Crippen LogP contribution in [0, 0.1) is 12.3 Å². The fraction of sp³-hybridized carbons (Fsp3) is 0.364. The van der Waals surface area contributed by atoms with Crippen molar-refractivity contribution >= 4 is 40.6 Å². The quantitative estimate of drug-likeness (QED) is 0.624. The van der Waals surface area contributed by atoms with E-state index in [4.69, 9.17) is 34.8 Å². The van der Waals surface area contributed by atoms with Gasteiger partial charge < -0.3 is 0 Å². The van der Waals surface area contributed by atoms with Gasteiger partial charge in [-0.25, -0.2) is 9.37 Å². The second-order valence-electron chi connectivity index (χ2n) is 3.74. The summed E-state index contributed by atoms with van der Waals surface area (Å²) >= 11 is 17.6. The highest BCUT2D eigenvalue weighted by Crippen LogP contribution is 2.39. The Balaban J connectivity index is 2.49. The third kappa shape index (κ3) is 2.28. The molecule has 2 atom stereocenters. The van der Waals surface area contributed by atoms with E-state index in [1.807, 2.05) is 6.92 Å². The molecule has 1 aliphatic carbocycles. The van der Waals surface area contributed by atoms with Crippen LogP contribution >= 0.6 is 34.8 Å². The molecule has 1 saturated carbocycles. The van der Waals surface area contributed by atoms with Crippen molar-refractivity contribution in [1.29, 1.82) is 0 Å². The number of pyridine rings is 1. The van der Waals surface area contributed by atoms with Crippen molar-refractivity contribution < 1.29 is 9.18 Å². The highest BCUT2D eigenvalue weighted by atomic mass is 35.5. The van der Waals surface area contributed by atoms with Crippen molar-refractivity contribution in [3.05, 3.63) is 32.9 Å². The average molecular weight is 296 g/mol. The van der Waals surface area contributed by atoms with Gasteiger partial charge in [0.1, 0.15) is 17.0 Å². The molecule has 0 aromatic carbocycles. The number of rotatable bonds is 3. The van der Waals surface area contributed by atoms with E-state index in [2.05, 4.69) is 4.98 Å². The number of aromatic nitrogens is 1. The van der Waals surface area contributed by atoms with Crippen LogP contribution in [0.4, 0.5) is 4.39 Å². The Kier molecular flexibility index (Phi) is 3.62.